The van der Waals surface area contributed by atoms with Crippen molar-refractivity contribution in [2.24, 2.45) is 0 Å². The molecule has 0 amide bonds. The van der Waals surface area contributed by atoms with E-state index in [-0.39, 0.29) is 23.7 Å². The minimum Gasteiger partial charge on any atom is -0.309 e. The first-order valence-corrected chi connectivity index (χ1v) is 17.0. The van der Waals surface area contributed by atoms with Crippen LogP contribution in [0, 0.1) is 11.3 Å². The predicted octanol–water partition coefficient (Wildman–Crippen LogP) is 11.0. The van der Waals surface area contributed by atoms with Gasteiger partial charge in [0, 0.05) is 39.1 Å². The second kappa shape index (κ2) is 12.0. The Labute approximate surface area is 307 Å². The summed E-state index contributed by atoms with van der Waals surface area (Å²) in [6.45, 7) is 0. The molecule has 0 spiro atoms. The third-order valence-electron chi connectivity index (χ3n) is 9.88. The largest absolute Gasteiger partial charge is 0.309 e. The van der Waals surface area contributed by atoms with Gasteiger partial charge in [-0.3, -0.25) is 0 Å². The smallest absolute Gasteiger partial charge is 0.164 e. The molecule has 9 aromatic rings. The zero-order chi connectivity index (χ0) is 38.9. The number of fused-ring (bicyclic) bond motifs is 7. The molecule has 5 nitrogen and oxygen atoms in total. The molecule has 0 saturated heterocycles. The van der Waals surface area contributed by atoms with E-state index in [0.717, 1.165) is 49.7 Å². The fraction of sp³-hybridized carbons (Fsp3) is 0.0213. The molecule has 2 aromatic heterocycles. The maximum Gasteiger partial charge on any atom is 0.164 e. The molecule has 10 rings (SSSR count). The van der Waals surface area contributed by atoms with E-state index in [1.54, 1.807) is 4.57 Å². The molecule has 0 N–H and O–H groups in total. The lowest BCUT2D eigenvalue weighted by Gasteiger charge is -2.18. The van der Waals surface area contributed by atoms with Crippen LogP contribution < -0.4 is 0 Å². The summed E-state index contributed by atoms with van der Waals surface area (Å²) in [6, 6.07) is 46.0. The van der Waals surface area contributed by atoms with Gasteiger partial charge in [-0.05, 0) is 58.1 Å². The standard InChI is InChI=1S/C47H29N5/c48-29-33-28-32(47-50-45(30-14-4-1-5-15-30)49-46(51-47)31-16-6-2-7-17-31)24-25-35(33)42-37-21-11-10-20-36(37)38-26-27-41-43(44(38)42)39-22-12-13-23-40(39)52(41)34-18-8-3-9-19-34/h1-28,42H/i3D,8D,9D,18D,19D. The number of benzene rings is 7. The molecule has 7 aromatic carbocycles. The summed E-state index contributed by atoms with van der Waals surface area (Å²) in [6.07, 6.45) is 0. The third kappa shape index (κ3) is 4.66. The van der Waals surface area contributed by atoms with Crippen LogP contribution in [-0.4, -0.2) is 19.5 Å². The van der Waals surface area contributed by atoms with Crippen molar-refractivity contribution in [1.82, 2.24) is 19.5 Å². The zero-order valence-corrected chi connectivity index (χ0v) is 27.6. The van der Waals surface area contributed by atoms with E-state index in [1.807, 2.05) is 127 Å². The minimum atomic E-state index is -0.442. The number of aromatic nitrogens is 4. The molecule has 0 aliphatic heterocycles. The molecule has 2 heterocycles. The zero-order valence-electron chi connectivity index (χ0n) is 32.6. The molecule has 52 heavy (non-hydrogen) atoms. The van der Waals surface area contributed by atoms with Gasteiger partial charge in [0.2, 0.25) is 0 Å². The van der Waals surface area contributed by atoms with Crippen LogP contribution in [0.4, 0.5) is 0 Å². The highest BCUT2D eigenvalue weighted by atomic mass is 15.0. The first-order chi connectivity index (χ1) is 27.8. The number of hydrogen-bond acceptors (Lipinski definition) is 4. The summed E-state index contributed by atoms with van der Waals surface area (Å²) >= 11 is 0. The van der Waals surface area contributed by atoms with Gasteiger partial charge in [0.1, 0.15) is 0 Å². The van der Waals surface area contributed by atoms with E-state index < -0.39 is 18.1 Å². The SMILES string of the molecule is [2H]c1c([2H])c([2H])c(-n2c3ccccc3c3c4c(ccc32)-c2ccccc2C4c2ccc(-c3nc(-c4ccccc4)nc(-c4ccccc4)n3)cc2C#N)c([2H])c1[2H]. The van der Waals surface area contributed by atoms with Crippen molar-refractivity contribution in [3.63, 3.8) is 0 Å². The lowest BCUT2D eigenvalue weighted by Crippen LogP contribution is -2.04. The van der Waals surface area contributed by atoms with Gasteiger partial charge in [0.25, 0.3) is 0 Å². The monoisotopic (exact) mass is 668 g/mol. The maximum atomic E-state index is 10.9. The fourth-order valence-corrected chi connectivity index (χ4v) is 7.67. The van der Waals surface area contributed by atoms with E-state index in [1.165, 1.54) is 0 Å². The second-order valence-electron chi connectivity index (χ2n) is 12.7. The van der Waals surface area contributed by atoms with Crippen molar-refractivity contribution in [2.75, 3.05) is 0 Å². The number of para-hydroxylation sites is 2. The van der Waals surface area contributed by atoms with Gasteiger partial charge in [0.05, 0.1) is 29.5 Å². The molecule has 1 aliphatic rings. The molecule has 1 unspecified atom stereocenters. The summed E-state index contributed by atoms with van der Waals surface area (Å²) in [4.78, 5) is 14.7. The molecule has 5 heteroatoms. The summed E-state index contributed by atoms with van der Waals surface area (Å²) in [5.74, 6) is 1.14. The Kier molecular flexibility index (Phi) is 5.75. The van der Waals surface area contributed by atoms with Crippen molar-refractivity contribution in [2.45, 2.75) is 5.92 Å². The Morgan fingerprint density at radius 3 is 1.90 bits per heavy atom. The Bertz CT molecular complexity index is 3070. The van der Waals surface area contributed by atoms with Gasteiger partial charge >= 0.3 is 0 Å². The molecular formula is C47H29N5. The van der Waals surface area contributed by atoms with E-state index in [9.17, 15) is 5.26 Å². The highest BCUT2D eigenvalue weighted by Gasteiger charge is 2.34. The summed E-state index contributed by atoms with van der Waals surface area (Å²) in [7, 11) is 0. The van der Waals surface area contributed by atoms with Gasteiger partial charge < -0.3 is 4.57 Å². The van der Waals surface area contributed by atoms with Gasteiger partial charge in [0.15, 0.2) is 17.5 Å². The average Bonchev–Trinajstić information content (AvgIpc) is 3.78. The normalized spacial score (nSPS) is 14.5. The van der Waals surface area contributed by atoms with Crippen LogP contribution in [0.2, 0.25) is 0 Å². The van der Waals surface area contributed by atoms with E-state index in [2.05, 4.69) is 18.2 Å². The maximum absolute atomic E-state index is 10.9. The van der Waals surface area contributed by atoms with E-state index in [0.29, 0.717) is 39.6 Å². The van der Waals surface area contributed by atoms with Crippen LogP contribution in [0.15, 0.2) is 170 Å². The van der Waals surface area contributed by atoms with Crippen molar-refractivity contribution >= 4 is 21.8 Å². The van der Waals surface area contributed by atoms with Gasteiger partial charge in [-0.25, -0.2) is 15.0 Å². The number of rotatable bonds is 5. The van der Waals surface area contributed by atoms with Gasteiger partial charge in [-0.15, -0.1) is 0 Å². The number of nitrogens with zero attached hydrogens (tertiary/aromatic N) is 5. The number of nitriles is 1. The summed E-state index contributed by atoms with van der Waals surface area (Å²) in [5.41, 5.74) is 9.23. The highest BCUT2D eigenvalue weighted by molar-refractivity contribution is 6.14. The molecule has 0 saturated carbocycles. The van der Waals surface area contributed by atoms with Crippen molar-refractivity contribution < 1.29 is 6.85 Å². The fourth-order valence-electron chi connectivity index (χ4n) is 7.67. The molecule has 242 valence electrons. The second-order valence-corrected chi connectivity index (χ2v) is 12.7. The van der Waals surface area contributed by atoms with Gasteiger partial charge in [-0.2, -0.15) is 5.26 Å². The average molecular weight is 669 g/mol. The summed E-state index contributed by atoms with van der Waals surface area (Å²) < 4.78 is 44.8. The topological polar surface area (TPSA) is 67.4 Å². The van der Waals surface area contributed by atoms with Crippen molar-refractivity contribution in [3.8, 4) is 57.0 Å². The Balaban J connectivity index is 1.21. The highest BCUT2D eigenvalue weighted by Crippen LogP contribution is 2.53. The molecule has 1 aliphatic carbocycles. The van der Waals surface area contributed by atoms with Crippen LogP contribution in [-0.2, 0) is 0 Å². The predicted molar refractivity (Wildman–Crippen MR) is 208 cm³/mol. The molecule has 0 bridgehead atoms. The van der Waals surface area contributed by atoms with Crippen LogP contribution in [0.1, 0.15) is 35.0 Å². The molecule has 1 atom stereocenters. The Morgan fingerprint density at radius 1 is 0.558 bits per heavy atom. The molecule has 0 fully saturated rings. The Morgan fingerprint density at radius 2 is 1.19 bits per heavy atom. The van der Waals surface area contributed by atoms with Gasteiger partial charge in [-0.1, -0.05) is 139 Å². The van der Waals surface area contributed by atoms with Crippen LogP contribution >= 0.6 is 0 Å². The molecule has 0 radical (unpaired) electrons. The quantitative estimate of drug-likeness (QED) is 0.183. The minimum absolute atomic E-state index is 0.0865. The van der Waals surface area contributed by atoms with E-state index in [4.69, 9.17) is 21.8 Å². The van der Waals surface area contributed by atoms with Crippen molar-refractivity contribution in [1.29, 1.82) is 5.26 Å². The van der Waals surface area contributed by atoms with Crippen LogP contribution in [0.5, 0.6) is 0 Å². The lowest BCUT2D eigenvalue weighted by molar-refractivity contribution is 1.02. The van der Waals surface area contributed by atoms with Crippen molar-refractivity contribution in [3.05, 3.63) is 192 Å². The molecular weight excluding hydrogens is 635 g/mol. The third-order valence-corrected chi connectivity index (χ3v) is 9.88. The number of hydrogen-bond donors (Lipinski definition) is 0. The first-order valence-electron chi connectivity index (χ1n) is 19.5. The van der Waals surface area contributed by atoms with E-state index >= 15 is 0 Å². The lowest BCUT2D eigenvalue weighted by atomic mass is 9.84. The Hall–Kier alpha value is -7.16. The first kappa shape index (κ1) is 24.9. The van der Waals surface area contributed by atoms with Crippen LogP contribution in [0.25, 0.3) is 72.8 Å². The summed E-state index contributed by atoms with van der Waals surface area (Å²) in [5, 5.41) is 12.6. The van der Waals surface area contributed by atoms with Crippen LogP contribution in [0.3, 0.4) is 0 Å².